The standard InChI is InChI=1S/C20H17ClN2OS/c1-2-25-16-9-6-14(7-10-16)20(24)23-15-8-11-18(21)17(13-15)19-5-3-4-12-22-19/h3-13H,2H2,1H3,(H,23,24). The number of rotatable bonds is 5. The van der Waals surface area contributed by atoms with E-state index in [1.807, 2.05) is 48.5 Å². The summed E-state index contributed by atoms with van der Waals surface area (Å²) in [6.07, 6.45) is 1.72. The number of thioether (sulfide) groups is 1. The van der Waals surface area contributed by atoms with Gasteiger partial charge in [-0.05, 0) is 60.4 Å². The average molecular weight is 369 g/mol. The summed E-state index contributed by atoms with van der Waals surface area (Å²) in [4.78, 5) is 17.9. The molecule has 0 atom stereocenters. The highest BCUT2D eigenvalue weighted by atomic mass is 35.5. The van der Waals surface area contributed by atoms with Crippen molar-refractivity contribution in [3.8, 4) is 11.3 Å². The van der Waals surface area contributed by atoms with Gasteiger partial charge in [-0.25, -0.2) is 0 Å². The number of benzene rings is 2. The molecule has 1 N–H and O–H groups in total. The number of pyridine rings is 1. The molecule has 3 rings (SSSR count). The molecule has 2 aromatic carbocycles. The van der Waals surface area contributed by atoms with Crippen LogP contribution in [-0.2, 0) is 0 Å². The summed E-state index contributed by atoms with van der Waals surface area (Å²) in [5.41, 5.74) is 2.86. The Morgan fingerprint density at radius 1 is 1.12 bits per heavy atom. The molecule has 25 heavy (non-hydrogen) atoms. The van der Waals surface area contributed by atoms with Crippen LogP contribution in [0.5, 0.6) is 0 Å². The Balaban J connectivity index is 1.79. The molecule has 0 saturated heterocycles. The first-order valence-electron chi connectivity index (χ1n) is 7.92. The second-order valence-electron chi connectivity index (χ2n) is 5.32. The fourth-order valence-corrected chi connectivity index (χ4v) is 3.27. The van der Waals surface area contributed by atoms with Crippen LogP contribution in [0.1, 0.15) is 17.3 Å². The van der Waals surface area contributed by atoms with Gasteiger partial charge in [0.05, 0.1) is 10.7 Å². The van der Waals surface area contributed by atoms with E-state index in [4.69, 9.17) is 11.6 Å². The van der Waals surface area contributed by atoms with Crippen molar-refractivity contribution < 1.29 is 4.79 Å². The minimum absolute atomic E-state index is 0.151. The topological polar surface area (TPSA) is 42.0 Å². The highest BCUT2D eigenvalue weighted by molar-refractivity contribution is 7.99. The van der Waals surface area contributed by atoms with Gasteiger partial charge in [0.1, 0.15) is 0 Å². The molecule has 0 unspecified atom stereocenters. The van der Waals surface area contributed by atoms with Gasteiger partial charge >= 0.3 is 0 Å². The predicted octanol–water partition coefficient (Wildman–Crippen LogP) is 5.77. The largest absolute Gasteiger partial charge is 0.322 e. The number of carbonyl (C=O) groups is 1. The summed E-state index contributed by atoms with van der Waals surface area (Å²) in [6, 6.07) is 18.6. The SMILES string of the molecule is CCSc1ccc(C(=O)Nc2ccc(Cl)c(-c3ccccn3)c2)cc1. The van der Waals surface area contributed by atoms with Crippen molar-refractivity contribution in [1.82, 2.24) is 4.98 Å². The maximum Gasteiger partial charge on any atom is 0.255 e. The van der Waals surface area contributed by atoms with Gasteiger partial charge in [0.2, 0.25) is 0 Å². The summed E-state index contributed by atoms with van der Waals surface area (Å²) in [7, 11) is 0. The molecule has 0 aliphatic heterocycles. The maximum atomic E-state index is 12.4. The van der Waals surface area contributed by atoms with E-state index < -0.39 is 0 Å². The van der Waals surface area contributed by atoms with E-state index in [1.165, 1.54) is 0 Å². The van der Waals surface area contributed by atoms with Gasteiger partial charge in [0.25, 0.3) is 5.91 Å². The summed E-state index contributed by atoms with van der Waals surface area (Å²) in [5, 5.41) is 3.51. The zero-order chi connectivity index (χ0) is 17.6. The lowest BCUT2D eigenvalue weighted by Gasteiger charge is -2.09. The lowest BCUT2D eigenvalue weighted by Crippen LogP contribution is -2.11. The van der Waals surface area contributed by atoms with Crippen molar-refractivity contribution in [1.29, 1.82) is 0 Å². The number of carbonyl (C=O) groups excluding carboxylic acids is 1. The Morgan fingerprint density at radius 3 is 2.60 bits per heavy atom. The summed E-state index contributed by atoms with van der Waals surface area (Å²) < 4.78 is 0. The van der Waals surface area contributed by atoms with Crippen molar-refractivity contribution in [2.45, 2.75) is 11.8 Å². The molecule has 1 aromatic heterocycles. The molecule has 5 heteroatoms. The van der Waals surface area contributed by atoms with E-state index in [0.717, 1.165) is 21.9 Å². The van der Waals surface area contributed by atoms with Gasteiger partial charge in [-0.3, -0.25) is 9.78 Å². The Bertz CT molecular complexity index is 867. The van der Waals surface area contributed by atoms with Crippen molar-refractivity contribution in [3.63, 3.8) is 0 Å². The summed E-state index contributed by atoms with van der Waals surface area (Å²) in [5.74, 6) is 0.856. The Hall–Kier alpha value is -2.30. The van der Waals surface area contributed by atoms with Crippen molar-refractivity contribution in [2.24, 2.45) is 0 Å². The second kappa shape index (κ2) is 8.19. The van der Waals surface area contributed by atoms with Gasteiger partial charge in [-0.2, -0.15) is 0 Å². The van der Waals surface area contributed by atoms with E-state index in [1.54, 1.807) is 30.1 Å². The van der Waals surface area contributed by atoms with Crippen LogP contribution in [-0.4, -0.2) is 16.6 Å². The minimum atomic E-state index is -0.151. The van der Waals surface area contributed by atoms with E-state index in [9.17, 15) is 4.79 Å². The molecule has 0 saturated carbocycles. The van der Waals surface area contributed by atoms with E-state index in [0.29, 0.717) is 16.3 Å². The number of hydrogen-bond acceptors (Lipinski definition) is 3. The molecule has 1 amide bonds. The molecule has 126 valence electrons. The van der Waals surface area contributed by atoms with Gasteiger partial charge in [-0.1, -0.05) is 24.6 Å². The number of halogens is 1. The van der Waals surface area contributed by atoms with Crippen LogP contribution >= 0.6 is 23.4 Å². The Labute approximate surface area is 156 Å². The molecule has 3 nitrogen and oxygen atoms in total. The molecule has 0 bridgehead atoms. The lowest BCUT2D eigenvalue weighted by molar-refractivity contribution is 0.102. The van der Waals surface area contributed by atoms with Crippen molar-refractivity contribution in [2.75, 3.05) is 11.1 Å². The number of aromatic nitrogens is 1. The van der Waals surface area contributed by atoms with Crippen LogP contribution in [0.4, 0.5) is 5.69 Å². The van der Waals surface area contributed by atoms with E-state index in [-0.39, 0.29) is 5.91 Å². The molecular formula is C20H17ClN2OS. The van der Waals surface area contributed by atoms with Gasteiger partial charge in [0, 0.05) is 27.9 Å². The normalized spacial score (nSPS) is 10.5. The van der Waals surface area contributed by atoms with Gasteiger partial charge in [-0.15, -0.1) is 11.8 Å². The zero-order valence-electron chi connectivity index (χ0n) is 13.7. The molecule has 0 spiro atoms. The third kappa shape index (κ3) is 4.41. The maximum absolute atomic E-state index is 12.4. The molecule has 0 fully saturated rings. The van der Waals surface area contributed by atoms with Gasteiger partial charge < -0.3 is 5.32 Å². The van der Waals surface area contributed by atoms with E-state index >= 15 is 0 Å². The summed E-state index contributed by atoms with van der Waals surface area (Å²) in [6.45, 7) is 2.10. The minimum Gasteiger partial charge on any atom is -0.322 e. The van der Waals surface area contributed by atoms with Crippen molar-refractivity contribution >= 4 is 35.0 Å². The lowest BCUT2D eigenvalue weighted by atomic mass is 10.1. The predicted molar refractivity (Wildman–Crippen MR) is 105 cm³/mol. The van der Waals surface area contributed by atoms with Crippen LogP contribution in [0.25, 0.3) is 11.3 Å². The number of anilines is 1. The second-order valence-corrected chi connectivity index (χ2v) is 7.07. The molecule has 1 heterocycles. The monoisotopic (exact) mass is 368 g/mol. The molecule has 0 aliphatic carbocycles. The van der Waals surface area contributed by atoms with Gasteiger partial charge in [0.15, 0.2) is 0 Å². The smallest absolute Gasteiger partial charge is 0.255 e. The Morgan fingerprint density at radius 2 is 1.92 bits per heavy atom. The zero-order valence-corrected chi connectivity index (χ0v) is 15.3. The first-order chi connectivity index (χ1) is 12.2. The highest BCUT2D eigenvalue weighted by Crippen LogP contribution is 2.29. The molecule has 3 aromatic rings. The third-order valence-corrected chi connectivity index (χ3v) is 4.82. The molecule has 0 aliphatic rings. The fourth-order valence-electron chi connectivity index (χ4n) is 2.39. The quantitative estimate of drug-likeness (QED) is 0.581. The number of amides is 1. The van der Waals surface area contributed by atoms with Crippen LogP contribution < -0.4 is 5.32 Å². The molecular weight excluding hydrogens is 352 g/mol. The van der Waals surface area contributed by atoms with Crippen LogP contribution in [0.2, 0.25) is 5.02 Å². The van der Waals surface area contributed by atoms with E-state index in [2.05, 4.69) is 17.2 Å². The number of nitrogens with one attached hydrogen (secondary N) is 1. The average Bonchev–Trinajstić information content (AvgIpc) is 2.65. The first-order valence-corrected chi connectivity index (χ1v) is 9.29. The third-order valence-electron chi connectivity index (χ3n) is 3.59. The highest BCUT2D eigenvalue weighted by Gasteiger charge is 2.10. The van der Waals surface area contributed by atoms with Crippen LogP contribution in [0.15, 0.2) is 71.8 Å². The summed E-state index contributed by atoms with van der Waals surface area (Å²) >= 11 is 8.02. The Kier molecular flexibility index (Phi) is 5.74. The number of hydrogen-bond donors (Lipinski definition) is 1. The van der Waals surface area contributed by atoms with Crippen LogP contribution in [0, 0.1) is 0 Å². The first kappa shape index (κ1) is 17.5. The fraction of sp³-hybridized carbons (Fsp3) is 0.100. The van der Waals surface area contributed by atoms with Crippen LogP contribution in [0.3, 0.4) is 0 Å². The molecule has 0 radical (unpaired) electrons. The van der Waals surface area contributed by atoms with Crippen molar-refractivity contribution in [3.05, 3.63) is 77.4 Å². The number of nitrogens with zero attached hydrogens (tertiary/aromatic N) is 1.